The average molecular weight is 319 g/mol. The zero-order chi connectivity index (χ0) is 15.7. The van der Waals surface area contributed by atoms with E-state index < -0.39 is 12.2 Å². The lowest BCUT2D eigenvalue weighted by Crippen LogP contribution is -2.21. The lowest BCUT2D eigenvalue weighted by atomic mass is 9.94. The first-order chi connectivity index (χ1) is 10.6. The number of nitrogens with one attached hydrogen (secondary N) is 1. The molecule has 2 aromatic rings. The summed E-state index contributed by atoms with van der Waals surface area (Å²) in [5.41, 5.74) is 4.45. The SMILES string of the molecule is CC(=O)SCC(O)C(O)c1ccc2[nH]c3c(c2c1)CCCC3. The van der Waals surface area contributed by atoms with Crippen LogP contribution in [0.4, 0.5) is 0 Å². The molecule has 0 saturated carbocycles. The Labute approximate surface area is 133 Å². The van der Waals surface area contributed by atoms with Gasteiger partial charge >= 0.3 is 0 Å². The molecule has 2 atom stereocenters. The topological polar surface area (TPSA) is 73.3 Å². The number of fused-ring (bicyclic) bond motifs is 3. The number of thioether (sulfide) groups is 1. The van der Waals surface area contributed by atoms with Crippen molar-refractivity contribution in [2.45, 2.75) is 44.8 Å². The molecule has 0 radical (unpaired) electrons. The third-order valence-corrected chi connectivity index (χ3v) is 5.20. The number of rotatable bonds is 4. The van der Waals surface area contributed by atoms with Gasteiger partial charge in [0.1, 0.15) is 6.10 Å². The van der Waals surface area contributed by atoms with Crippen LogP contribution in [0.3, 0.4) is 0 Å². The summed E-state index contributed by atoms with van der Waals surface area (Å²) >= 11 is 1.04. The summed E-state index contributed by atoms with van der Waals surface area (Å²) in [6.07, 6.45) is 2.66. The van der Waals surface area contributed by atoms with E-state index in [0.717, 1.165) is 35.5 Å². The second-order valence-corrected chi connectivity index (χ2v) is 7.11. The Kier molecular flexibility index (Phi) is 4.57. The molecule has 0 bridgehead atoms. The van der Waals surface area contributed by atoms with Crippen LogP contribution in [0.15, 0.2) is 18.2 Å². The van der Waals surface area contributed by atoms with E-state index in [1.807, 2.05) is 18.2 Å². The van der Waals surface area contributed by atoms with E-state index >= 15 is 0 Å². The number of carbonyl (C=O) groups excluding carboxylic acids is 1. The van der Waals surface area contributed by atoms with E-state index in [4.69, 9.17) is 0 Å². The molecule has 0 spiro atoms. The highest BCUT2D eigenvalue weighted by Gasteiger charge is 2.21. The minimum Gasteiger partial charge on any atom is -0.389 e. The molecule has 0 aliphatic heterocycles. The van der Waals surface area contributed by atoms with Crippen molar-refractivity contribution < 1.29 is 15.0 Å². The number of aromatic amines is 1. The summed E-state index contributed by atoms with van der Waals surface area (Å²) in [6, 6.07) is 5.79. The summed E-state index contributed by atoms with van der Waals surface area (Å²) in [7, 11) is 0. The van der Waals surface area contributed by atoms with Crippen LogP contribution in [0.5, 0.6) is 0 Å². The van der Waals surface area contributed by atoms with Gasteiger partial charge in [0.25, 0.3) is 0 Å². The zero-order valence-electron chi connectivity index (χ0n) is 12.6. The van der Waals surface area contributed by atoms with Gasteiger partial charge in [-0.3, -0.25) is 4.79 Å². The predicted molar refractivity (Wildman–Crippen MR) is 89.0 cm³/mol. The molecule has 0 saturated heterocycles. The van der Waals surface area contributed by atoms with Gasteiger partial charge in [-0.15, -0.1) is 0 Å². The first-order valence-electron chi connectivity index (χ1n) is 7.69. The Balaban J connectivity index is 1.86. The van der Waals surface area contributed by atoms with E-state index in [1.165, 1.54) is 31.0 Å². The number of aliphatic hydroxyl groups is 2. The van der Waals surface area contributed by atoms with Crippen molar-refractivity contribution in [2.75, 3.05) is 5.75 Å². The Hall–Kier alpha value is -1.30. The zero-order valence-corrected chi connectivity index (χ0v) is 13.4. The van der Waals surface area contributed by atoms with Crippen molar-refractivity contribution in [3.63, 3.8) is 0 Å². The monoisotopic (exact) mass is 319 g/mol. The van der Waals surface area contributed by atoms with Gasteiger partial charge in [-0.25, -0.2) is 0 Å². The number of hydrogen-bond donors (Lipinski definition) is 3. The molecule has 1 aliphatic carbocycles. The molecule has 1 aromatic carbocycles. The van der Waals surface area contributed by atoms with Gasteiger partial charge in [0, 0.05) is 29.3 Å². The molecule has 118 valence electrons. The van der Waals surface area contributed by atoms with Crippen molar-refractivity contribution in [1.82, 2.24) is 4.98 Å². The first kappa shape index (κ1) is 15.6. The van der Waals surface area contributed by atoms with Gasteiger partial charge in [0.05, 0.1) is 6.10 Å². The molecule has 1 aliphatic rings. The minimum atomic E-state index is -0.967. The second-order valence-electron chi connectivity index (χ2n) is 5.91. The third kappa shape index (κ3) is 3.07. The number of aryl methyl sites for hydroxylation is 2. The molecule has 5 heteroatoms. The Morgan fingerprint density at radius 2 is 2.09 bits per heavy atom. The van der Waals surface area contributed by atoms with Crippen LogP contribution in [-0.2, 0) is 17.6 Å². The minimum absolute atomic E-state index is 0.0543. The van der Waals surface area contributed by atoms with E-state index in [2.05, 4.69) is 4.98 Å². The standard InChI is InChI=1S/C17H21NO3S/c1-10(19)22-9-16(20)17(21)11-6-7-15-13(8-11)12-4-2-3-5-14(12)18-15/h6-8,16-18,20-21H,2-5,9H2,1H3. The fraction of sp³-hybridized carbons (Fsp3) is 0.471. The molecular formula is C17H21NO3S. The highest BCUT2D eigenvalue weighted by Crippen LogP contribution is 2.31. The highest BCUT2D eigenvalue weighted by atomic mass is 32.2. The largest absolute Gasteiger partial charge is 0.389 e. The van der Waals surface area contributed by atoms with Crippen molar-refractivity contribution in [1.29, 1.82) is 0 Å². The molecule has 2 unspecified atom stereocenters. The summed E-state index contributed by atoms with van der Waals surface area (Å²) in [6.45, 7) is 1.46. The lowest BCUT2D eigenvalue weighted by molar-refractivity contribution is -0.109. The van der Waals surface area contributed by atoms with Gasteiger partial charge in [0.2, 0.25) is 0 Å². The lowest BCUT2D eigenvalue weighted by Gasteiger charge is -2.17. The predicted octanol–water partition coefficient (Wildman–Crippen LogP) is 2.72. The second kappa shape index (κ2) is 6.44. The summed E-state index contributed by atoms with van der Waals surface area (Å²) < 4.78 is 0. The van der Waals surface area contributed by atoms with E-state index in [1.54, 1.807) is 0 Å². The van der Waals surface area contributed by atoms with Crippen LogP contribution in [0.25, 0.3) is 10.9 Å². The van der Waals surface area contributed by atoms with Crippen LogP contribution >= 0.6 is 11.8 Å². The van der Waals surface area contributed by atoms with E-state index in [0.29, 0.717) is 5.56 Å². The number of benzene rings is 1. The normalized spacial score (nSPS) is 17.2. The number of H-pyrrole nitrogens is 1. The first-order valence-corrected chi connectivity index (χ1v) is 8.67. The molecule has 0 amide bonds. The maximum Gasteiger partial charge on any atom is 0.185 e. The van der Waals surface area contributed by atoms with Crippen molar-refractivity contribution in [2.24, 2.45) is 0 Å². The molecule has 3 N–H and O–H groups in total. The quantitative estimate of drug-likeness (QED) is 0.810. The summed E-state index contributed by atoms with van der Waals surface area (Å²) in [4.78, 5) is 14.4. The van der Waals surface area contributed by atoms with Crippen LogP contribution in [0.2, 0.25) is 0 Å². The van der Waals surface area contributed by atoms with E-state index in [9.17, 15) is 15.0 Å². The molecule has 0 fully saturated rings. The van der Waals surface area contributed by atoms with Gasteiger partial charge in [0.15, 0.2) is 5.12 Å². The molecule has 3 rings (SSSR count). The number of aromatic nitrogens is 1. The summed E-state index contributed by atoms with van der Waals surface area (Å²) in [5, 5.41) is 21.5. The highest BCUT2D eigenvalue weighted by molar-refractivity contribution is 8.13. The number of carbonyl (C=O) groups is 1. The molecular weight excluding hydrogens is 298 g/mol. The maximum absolute atomic E-state index is 11.0. The van der Waals surface area contributed by atoms with Gasteiger partial charge in [-0.05, 0) is 48.9 Å². The fourth-order valence-corrected chi connectivity index (χ4v) is 3.71. The summed E-state index contributed by atoms with van der Waals surface area (Å²) in [5.74, 6) is 0.208. The average Bonchev–Trinajstić information content (AvgIpc) is 2.89. The van der Waals surface area contributed by atoms with Gasteiger partial charge < -0.3 is 15.2 Å². The maximum atomic E-state index is 11.0. The molecule has 4 nitrogen and oxygen atoms in total. The number of aliphatic hydroxyl groups excluding tert-OH is 2. The van der Waals surface area contributed by atoms with Crippen LogP contribution in [-0.4, -0.2) is 32.2 Å². The van der Waals surface area contributed by atoms with E-state index in [-0.39, 0.29) is 10.9 Å². The molecule has 1 heterocycles. The van der Waals surface area contributed by atoms with Crippen molar-refractivity contribution in [3.8, 4) is 0 Å². The Morgan fingerprint density at radius 1 is 1.32 bits per heavy atom. The van der Waals surface area contributed by atoms with Crippen LogP contribution in [0.1, 0.15) is 42.7 Å². The number of hydrogen-bond acceptors (Lipinski definition) is 4. The third-order valence-electron chi connectivity index (χ3n) is 4.29. The van der Waals surface area contributed by atoms with Crippen LogP contribution in [0, 0.1) is 0 Å². The van der Waals surface area contributed by atoms with Crippen LogP contribution < -0.4 is 0 Å². The molecule has 1 aromatic heterocycles. The smallest absolute Gasteiger partial charge is 0.185 e. The van der Waals surface area contributed by atoms with Gasteiger partial charge in [-0.1, -0.05) is 17.8 Å². The van der Waals surface area contributed by atoms with Gasteiger partial charge in [-0.2, -0.15) is 0 Å². The molecule has 22 heavy (non-hydrogen) atoms. The van der Waals surface area contributed by atoms with Crippen molar-refractivity contribution in [3.05, 3.63) is 35.0 Å². The Morgan fingerprint density at radius 3 is 2.86 bits per heavy atom. The Bertz CT molecular complexity index is 695. The fourth-order valence-electron chi connectivity index (χ4n) is 3.12. The van der Waals surface area contributed by atoms with Crippen molar-refractivity contribution >= 4 is 27.8 Å².